The van der Waals surface area contributed by atoms with Gasteiger partial charge in [0.2, 0.25) is 0 Å². The molecule has 2 aromatic rings. The summed E-state index contributed by atoms with van der Waals surface area (Å²) in [6.45, 7) is 2.71. The van der Waals surface area contributed by atoms with Crippen LogP contribution in [-0.4, -0.2) is 16.8 Å². The van der Waals surface area contributed by atoms with Crippen molar-refractivity contribution in [2.45, 2.75) is 20.1 Å². The molecular weight excluding hydrogens is 281 g/mol. The Morgan fingerprint density at radius 1 is 1.40 bits per heavy atom. The van der Waals surface area contributed by atoms with E-state index in [1.54, 1.807) is 17.8 Å². The summed E-state index contributed by atoms with van der Waals surface area (Å²) in [6, 6.07) is 4.64. The lowest BCUT2D eigenvalue weighted by atomic mass is 10.2. The molecule has 1 heterocycles. The third-order valence-electron chi connectivity index (χ3n) is 2.97. The molecule has 0 aliphatic carbocycles. The maximum atomic E-state index is 13.5. The molecule has 1 aromatic carbocycles. The molecule has 1 N–H and O–H groups in total. The quantitative estimate of drug-likeness (QED) is 0.922. The van der Waals surface area contributed by atoms with Crippen LogP contribution >= 0.6 is 11.6 Å². The molecule has 6 heteroatoms. The Morgan fingerprint density at radius 2 is 2.15 bits per heavy atom. The maximum Gasteiger partial charge on any atom is 0.133 e. The fourth-order valence-electron chi connectivity index (χ4n) is 2.00. The van der Waals surface area contributed by atoms with E-state index in [9.17, 15) is 4.39 Å². The molecule has 20 heavy (non-hydrogen) atoms. The van der Waals surface area contributed by atoms with Gasteiger partial charge in [-0.2, -0.15) is 5.10 Å². The van der Waals surface area contributed by atoms with Crippen molar-refractivity contribution in [1.82, 2.24) is 15.1 Å². The van der Waals surface area contributed by atoms with Gasteiger partial charge in [-0.25, -0.2) is 4.39 Å². The Hall–Kier alpha value is -1.59. The molecule has 2 rings (SSSR count). The van der Waals surface area contributed by atoms with Crippen molar-refractivity contribution in [1.29, 1.82) is 0 Å². The smallest absolute Gasteiger partial charge is 0.133 e. The molecule has 4 nitrogen and oxygen atoms in total. The fraction of sp³-hybridized carbons (Fsp3) is 0.357. The Balaban J connectivity index is 2.14. The highest BCUT2D eigenvalue weighted by atomic mass is 35.5. The first-order chi connectivity index (χ1) is 9.51. The second-order valence-electron chi connectivity index (χ2n) is 4.59. The largest absolute Gasteiger partial charge is 0.489 e. The van der Waals surface area contributed by atoms with Crippen LogP contribution < -0.4 is 10.1 Å². The van der Waals surface area contributed by atoms with Crippen LogP contribution in [0.2, 0.25) is 5.15 Å². The summed E-state index contributed by atoms with van der Waals surface area (Å²) >= 11 is 6.13. The van der Waals surface area contributed by atoms with E-state index in [1.165, 1.54) is 12.1 Å². The van der Waals surface area contributed by atoms with Gasteiger partial charge in [0.15, 0.2) is 0 Å². The van der Waals surface area contributed by atoms with Crippen LogP contribution in [0, 0.1) is 12.7 Å². The molecule has 0 saturated heterocycles. The molecule has 1 aromatic heterocycles. The zero-order valence-corrected chi connectivity index (χ0v) is 12.5. The third-order valence-corrected chi connectivity index (χ3v) is 3.44. The van der Waals surface area contributed by atoms with Crippen molar-refractivity contribution in [2.75, 3.05) is 7.05 Å². The Morgan fingerprint density at radius 3 is 2.75 bits per heavy atom. The summed E-state index contributed by atoms with van der Waals surface area (Å²) in [7, 11) is 3.58. The molecule has 0 radical (unpaired) electrons. The van der Waals surface area contributed by atoms with Gasteiger partial charge in [0, 0.05) is 25.2 Å². The molecular formula is C14H17ClFN3O. The Kier molecular flexibility index (Phi) is 4.62. The first-order valence-corrected chi connectivity index (χ1v) is 6.64. The zero-order valence-electron chi connectivity index (χ0n) is 11.7. The lowest BCUT2D eigenvalue weighted by Gasteiger charge is -2.08. The number of hydrogen-bond donors (Lipinski definition) is 1. The molecule has 0 amide bonds. The highest BCUT2D eigenvalue weighted by molar-refractivity contribution is 6.30. The summed E-state index contributed by atoms with van der Waals surface area (Å²) in [5.41, 5.74) is 2.45. The van der Waals surface area contributed by atoms with Gasteiger partial charge in [0.1, 0.15) is 23.3 Å². The van der Waals surface area contributed by atoms with E-state index >= 15 is 0 Å². The van der Waals surface area contributed by atoms with Crippen molar-refractivity contribution >= 4 is 11.6 Å². The SMILES string of the molecule is CNCc1cc(F)cc(OCc2c(C)nn(C)c2Cl)c1. The van der Waals surface area contributed by atoms with Gasteiger partial charge < -0.3 is 10.1 Å². The molecule has 0 aliphatic heterocycles. The van der Waals surface area contributed by atoms with Crippen molar-refractivity contribution in [3.63, 3.8) is 0 Å². The van der Waals surface area contributed by atoms with Crippen LogP contribution in [0.25, 0.3) is 0 Å². The minimum atomic E-state index is -0.318. The van der Waals surface area contributed by atoms with E-state index in [0.717, 1.165) is 16.8 Å². The highest BCUT2D eigenvalue weighted by Crippen LogP contribution is 2.22. The number of benzene rings is 1. The first kappa shape index (κ1) is 14.8. The number of nitrogens with zero attached hydrogens (tertiary/aromatic N) is 2. The van der Waals surface area contributed by atoms with Crippen LogP contribution in [0.4, 0.5) is 4.39 Å². The molecule has 0 bridgehead atoms. The minimum absolute atomic E-state index is 0.265. The lowest BCUT2D eigenvalue weighted by Crippen LogP contribution is -2.06. The van der Waals surface area contributed by atoms with Crippen LogP contribution in [0.1, 0.15) is 16.8 Å². The van der Waals surface area contributed by atoms with Gasteiger partial charge in [-0.1, -0.05) is 11.6 Å². The van der Waals surface area contributed by atoms with Crippen molar-refractivity contribution in [3.05, 3.63) is 46.0 Å². The summed E-state index contributed by atoms with van der Waals surface area (Å²) < 4.78 is 20.7. The van der Waals surface area contributed by atoms with Crippen molar-refractivity contribution < 1.29 is 9.13 Å². The van der Waals surface area contributed by atoms with Crippen molar-refractivity contribution in [2.24, 2.45) is 7.05 Å². The number of ether oxygens (including phenoxy) is 1. The first-order valence-electron chi connectivity index (χ1n) is 6.26. The lowest BCUT2D eigenvalue weighted by molar-refractivity contribution is 0.303. The molecule has 0 unspecified atom stereocenters. The van der Waals surface area contributed by atoms with Gasteiger partial charge >= 0.3 is 0 Å². The monoisotopic (exact) mass is 297 g/mol. The maximum absolute atomic E-state index is 13.5. The number of aromatic nitrogens is 2. The molecule has 0 atom stereocenters. The number of nitrogens with one attached hydrogen (secondary N) is 1. The summed E-state index contributed by atoms with van der Waals surface area (Å²) in [5.74, 6) is 0.163. The number of rotatable bonds is 5. The van der Waals surface area contributed by atoms with E-state index in [-0.39, 0.29) is 12.4 Å². The molecule has 0 aliphatic rings. The second kappa shape index (κ2) is 6.24. The summed E-state index contributed by atoms with van der Waals surface area (Å²) in [6.07, 6.45) is 0. The van der Waals surface area contributed by atoms with E-state index in [4.69, 9.17) is 16.3 Å². The number of aryl methyl sites for hydroxylation is 2. The van der Waals surface area contributed by atoms with Crippen molar-refractivity contribution in [3.8, 4) is 5.75 Å². The number of halogens is 2. The van der Waals surface area contributed by atoms with Crippen LogP contribution in [0.5, 0.6) is 5.75 Å². The Labute approximate surface area is 122 Å². The minimum Gasteiger partial charge on any atom is -0.489 e. The zero-order chi connectivity index (χ0) is 14.7. The van der Waals surface area contributed by atoms with Crippen LogP contribution in [-0.2, 0) is 20.2 Å². The highest BCUT2D eigenvalue weighted by Gasteiger charge is 2.12. The molecule has 0 spiro atoms. The third kappa shape index (κ3) is 3.29. The number of hydrogen-bond acceptors (Lipinski definition) is 3. The van der Waals surface area contributed by atoms with E-state index < -0.39 is 0 Å². The normalized spacial score (nSPS) is 10.8. The average Bonchev–Trinajstić information content (AvgIpc) is 2.61. The predicted molar refractivity (Wildman–Crippen MR) is 76.5 cm³/mol. The summed E-state index contributed by atoms with van der Waals surface area (Å²) in [5, 5.41) is 7.72. The second-order valence-corrected chi connectivity index (χ2v) is 4.95. The Bertz CT molecular complexity index is 613. The van der Waals surface area contributed by atoms with E-state index in [1.807, 2.05) is 14.0 Å². The van der Waals surface area contributed by atoms with Gasteiger partial charge in [0.25, 0.3) is 0 Å². The van der Waals surface area contributed by atoms with Gasteiger partial charge in [-0.3, -0.25) is 4.68 Å². The average molecular weight is 298 g/mol. The standard InChI is InChI=1S/C14H17ClFN3O/c1-9-13(14(15)19(3)18-9)8-20-12-5-10(7-17-2)4-11(16)6-12/h4-6,17H,7-8H2,1-3H3. The van der Waals surface area contributed by atoms with Gasteiger partial charge in [-0.15, -0.1) is 0 Å². The fourth-order valence-corrected chi connectivity index (χ4v) is 2.23. The van der Waals surface area contributed by atoms with Crippen LogP contribution in [0.3, 0.4) is 0 Å². The topological polar surface area (TPSA) is 39.1 Å². The molecule has 0 saturated carbocycles. The van der Waals surface area contributed by atoms with E-state index in [2.05, 4.69) is 10.4 Å². The van der Waals surface area contributed by atoms with Gasteiger partial charge in [0.05, 0.1) is 5.69 Å². The van der Waals surface area contributed by atoms with Gasteiger partial charge in [-0.05, 0) is 31.7 Å². The molecule has 108 valence electrons. The summed E-state index contributed by atoms with van der Waals surface area (Å²) in [4.78, 5) is 0. The van der Waals surface area contributed by atoms with Crippen LogP contribution in [0.15, 0.2) is 18.2 Å². The predicted octanol–water partition coefficient (Wildman–Crippen LogP) is 2.82. The van der Waals surface area contributed by atoms with E-state index in [0.29, 0.717) is 17.4 Å². The molecule has 0 fully saturated rings.